The number of para-hydroxylation sites is 1. The number of ether oxygens (including phenoxy) is 1. The first-order valence-electron chi connectivity index (χ1n) is 35.5. The van der Waals surface area contributed by atoms with Gasteiger partial charge in [-0.25, -0.2) is 4.98 Å². The number of hydrogen-bond donors (Lipinski definition) is 0. The second-order valence-electron chi connectivity index (χ2n) is 26.8. The smallest absolute Gasteiger partial charge is 0.269 e. The van der Waals surface area contributed by atoms with Crippen LogP contribution in [0.15, 0.2) is 182 Å². The molecule has 0 unspecified atom stereocenters. The summed E-state index contributed by atoms with van der Waals surface area (Å²) in [5.41, 5.74) is 11.4. The molecule has 0 saturated heterocycles. The van der Waals surface area contributed by atoms with E-state index in [1.165, 1.54) is 42.0 Å². The van der Waals surface area contributed by atoms with Crippen LogP contribution in [0.2, 0.25) is 0 Å². The predicted octanol–water partition coefficient (Wildman–Crippen LogP) is 20.8. The average molecular weight is 1120 g/mol. The maximum absolute atomic E-state index is 9.24. The van der Waals surface area contributed by atoms with E-state index in [4.69, 9.17) is 17.9 Å². The standard InChI is InChI=1S/C80H76N4O/c1-48-22-19-23-49(2)73(48)52-38-64-59-29-16-15-28-58(59)62-45-67-68(80(13,14)36-35-79(67,11)12)46-63(62)65-40-54(78(8,9)10)41-66(74-50(3)24-20-25-51(74)4)75(65)83-47-82(71(39-52)76(64)83)55-26-21-27-56(43-55)85-57-32-33-61-60-30-17-18-31-69(60)84(70(61)44-57)72-42-53(34-37-81-72)77(5,6)7/h15-34,37-46H,35-36H2,1-14H3/i1D3,2D3,3D3,4D3. The molecule has 4 heterocycles. The minimum atomic E-state index is -2.81. The van der Waals surface area contributed by atoms with Gasteiger partial charge in [0.1, 0.15) is 17.3 Å². The van der Waals surface area contributed by atoms with Crippen LogP contribution in [0, 0.1) is 33.7 Å². The molecule has 5 heteroatoms. The number of hydrogen-bond acceptors (Lipinski definition) is 2. The zero-order chi connectivity index (χ0) is 69.2. The third-order valence-electron chi connectivity index (χ3n) is 18.2. The molecule has 0 atom stereocenters. The van der Waals surface area contributed by atoms with Crippen molar-refractivity contribution in [1.29, 1.82) is 0 Å². The lowest BCUT2D eigenvalue weighted by Crippen LogP contribution is -2.34. The number of rotatable bonds is 6. The molecule has 0 N–H and O–H groups in total. The fourth-order valence-corrected chi connectivity index (χ4v) is 13.4. The first-order valence-corrected chi connectivity index (χ1v) is 29.5. The minimum Gasteiger partial charge on any atom is -0.458 e. The number of aromatic nitrogens is 4. The van der Waals surface area contributed by atoms with Crippen molar-refractivity contribution in [2.75, 3.05) is 0 Å². The highest BCUT2D eigenvalue weighted by atomic mass is 16.5. The largest absolute Gasteiger partial charge is 0.458 e. The van der Waals surface area contributed by atoms with E-state index in [0.29, 0.717) is 56.2 Å². The number of nitrogens with zero attached hydrogens (tertiary/aromatic N) is 4. The van der Waals surface area contributed by atoms with Crippen LogP contribution in [0.4, 0.5) is 0 Å². The Balaban J connectivity index is 1.13. The topological polar surface area (TPSA) is 35.9 Å². The lowest BCUT2D eigenvalue weighted by atomic mass is 9.62. The third kappa shape index (κ3) is 8.86. The Morgan fingerprint density at radius 2 is 1.08 bits per heavy atom. The van der Waals surface area contributed by atoms with E-state index in [1.54, 1.807) is 0 Å². The van der Waals surface area contributed by atoms with Gasteiger partial charge in [0.2, 0.25) is 0 Å². The quantitative estimate of drug-likeness (QED) is 0.123. The summed E-state index contributed by atoms with van der Waals surface area (Å²) in [6.07, 6.45) is 7.51. The number of imidazole rings is 1. The summed E-state index contributed by atoms with van der Waals surface area (Å²) in [5.74, 6) is 1.75. The normalized spacial score (nSPS) is 17.0. The van der Waals surface area contributed by atoms with E-state index in [-0.39, 0.29) is 49.6 Å². The fraction of sp³-hybridized carbons (Fsp3) is 0.250. The Hall–Kier alpha value is -8.80. The van der Waals surface area contributed by atoms with Gasteiger partial charge in [0.25, 0.3) is 6.33 Å². The van der Waals surface area contributed by atoms with E-state index < -0.39 is 32.8 Å². The molecule has 422 valence electrons. The molecular weight excluding hydrogens is 1030 g/mol. The van der Waals surface area contributed by atoms with E-state index in [2.05, 4.69) is 129 Å². The molecule has 0 fully saturated rings. The summed E-state index contributed by atoms with van der Waals surface area (Å²) < 4.78 is 123. The van der Waals surface area contributed by atoms with Crippen molar-refractivity contribution in [2.24, 2.45) is 0 Å². The van der Waals surface area contributed by atoms with Crippen molar-refractivity contribution in [3.05, 3.63) is 233 Å². The highest BCUT2D eigenvalue weighted by Gasteiger charge is 2.39. The van der Waals surface area contributed by atoms with Crippen LogP contribution >= 0.6 is 0 Å². The van der Waals surface area contributed by atoms with Crippen molar-refractivity contribution in [2.45, 2.75) is 131 Å². The summed E-state index contributed by atoms with van der Waals surface area (Å²) in [4.78, 5) is 4.92. The van der Waals surface area contributed by atoms with Gasteiger partial charge in [-0.05, 0) is 223 Å². The van der Waals surface area contributed by atoms with Gasteiger partial charge in [0.15, 0.2) is 0 Å². The molecule has 85 heavy (non-hydrogen) atoms. The number of fused-ring (bicyclic) bond motifs is 11. The first kappa shape index (κ1) is 42.1. The van der Waals surface area contributed by atoms with Crippen LogP contribution < -0.4 is 9.30 Å². The molecule has 1 aliphatic carbocycles. The molecule has 12 aromatic rings. The second-order valence-corrected chi connectivity index (χ2v) is 26.8. The fourth-order valence-electron chi connectivity index (χ4n) is 13.4. The number of benzene rings is 9. The van der Waals surface area contributed by atoms with Crippen LogP contribution in [0.3, 0.4) is 0 Å². The van der Waals surface area contributed by atoms with E-state index in [0.717, 1.165) is 79.4 Å². The summed E-state index contributed by atoms with van der Waals surface area (Å²) in [7, 11) is 0. The molecule has 0 bridgehead atoms. The molecule has 14 rings (SSSR count). The van der Waals surface area contributed by atoms with Crippen molar-refractivity contribution in [3.63, 3.8) is 0 Å². The Morgan fingerprint density at radius 1 is 0.494 bits per heavy atom. The van der Waals surface area contributed by atoms with E-state index in [1.807, 2.05) is 106 Å². The lowest BCUT2D eigenvalue weighted by molar-refractivity contribution is -0.570. The molecular formula is C80H76N4O. The second kappa shape index (κ2) is 19.4. The molecule has 2 aliphatic rings. The first-order chi connectivity index (χ1) is 45.4. The highest BCUT2D eigenvalue weighted by Crippen LogP contribution is 2.54. The lowest BCUT2D eigenvalue weighted by Gasteiger charge is -2.42. The average Bonchev–Trinajstić information content (AvgIpc) is 1.62. The van der Waals surface area contributed by atoms with E-state index >= 15 is 0 Å². The SMILES string of the molecule is [2H]C([2H])([2H])c1cccc(C([2H])([2H])[2H])c1-c1cc2c3c(c1)n(-c1cccc(Oc4ccc5c6ccccc6n(-c6cc(C(C)(C)C)ccn6)c5c4)c1)[c-][n+]3-c1c(cc(C(C)(C)C)cc1-c1c(C([2H])([2H])[2H])cccc1C([2H])([2H])[2H])-c1cc3c(cc1-c1ccccc1-2)C(C)(C)CCC3(C)C. The zero-order valence-corrected chi connectivity index (χ0v) is 49.9. The maximum Gasteiger partial charge on any atom is 0.269 e. The Bertz CT molecular complexity index is 5170. The van der Waals surface area contributed by atoms with Gasteiger partial charge in [0, 0.05) is 39.5 Å². The molecule has 5 nitrogen and oxygen atoms in total. The number of aryl methyl sites for hydroxylation is 4. The van der Waals surface area contributed by atoms with Gasteiger partial charge in [-0.15, -0.1) is 0 Å². The number of pyridine rings is 1. The van der Waals surface area contributed by atoms with Crippen LogP contribution in [-0.2, 0) is 21.7 Å². The molecule has 9 aromatic carbocycles. The van der Waals surface area contributed by atoms with Gasteiger partial charge >= 0.3 is 0 Å². The Morgan fingerprint density at radius 3 is 1.75 bits per heavy atom. The third-order valence-corrected chi connectivity index (χ3v) is 18.2. The van der Waals surface area contributed by atoms with Crippen LogP contribution in [0.5, 0.6) is 11.5 Å². The minimum absolute atomic E-state index is 0.0332. The summed E-state index contributed by atoms with van der Waals surface area (Å²) in [5, 5.41) is 2.06. The van der Waals surface area contributed by atoms with Gasteiger partial charge in [0.05, 0.1) is 33.4 Å². The van der Waals surface area contributed by atoms with Crippen molar-refractivity contribution < 1.29 is 25.8 Å². The van der Waals surface area contributed by atoms with Gasteiger partial charge in [-0.2, -0.15) is 0 Å². The van der Waals surface area contributed by atoms with Crippen LogP contribution in [0.25, 0.3) is 106 Å². The summed E-state index contributed by atoms with van der Waals surface area (Å²) >= 11 is 0. The van der Waals surface area contributed by atoms with Crippen molar-refractivity contribution in [3.8, 4) is 84.3 Å². The molecule has 3 aromatic heterocycles. The van der Waals surface area contributed by atoms with Crippen LogP contribution in [-0.4, -0.2) is 14.1 Å². The maximum atomic E-state index is 9.24. The predicted molar refractivity (Wildman–Crippen MR) is 355 cm³/mol. The van der Waals surface area contributed by atoms with Crippen molar-refractivity contribution in [1.82, 2.24) is 14.1 Å². The summed E-state index contributed by atoms with van der Waals surface area (Å²) in [6, 6.07) is 55.4. The Labute approximate surface area is 519 Å². The molecule has 0 spiro atoms. The zero-order valence-electron chi connectivity index (χ0n) is 61.9. The summed E-state index contributed by atoms with van der Waals surface area (Å²) in [6.45, 7) is 10.8. The molecule has 0 radical (unpaired) electrons. The van der Waals surface area contributed by atoms with E-state index in [9.17, 15) is 8.22 Å². The Kier molecular flexibility index (Phi) is 9.59. The molecule has 0 amide bonds. The van der Waals surface area contributed by atoms with Gasteiger partial charge < -0.3 is 4.74 Å². The highest BCUT2D eigenvalue weighted by molar-refractivity contribution is 6.10. The van der Waals surface area contributed by atoms with Crippen LogP contribution in [0.1, 0.15) is 143 Å². The molecule has 1 aliphatic heterocycles. The van der Waals surface area contributed by atoms with Gasteiger partial charge in [-0.3, -0.25) is 13.7 Å². The van der Waals surface area contributed by atoms with Crippen molar-refractivity contribution >= 4 is 32.8 Å². The van der Waals surface area contributed by atoms with Gasteiger partial charge in [-0.1, -0.05) is 178 Å². The monoisotopic (exact) mass is 1120 g/mol. The molecule has 0 saturated carbocycles.